The molecule has 37 heavy (non-hydrogen) atoms. The molecule has 4 aromatic rings. The van der Waals surface area contributed by atoms with Crippen molar-refractivity contribution in [3.63, 3.8) is 0 Å². The largest absolute Gasteiger partial charge is 0.357 e. The Morgan fingerprint density at radius 2 is 1.24 bits per heavy atom. The van der Waals surface area contributed by atoms with Gasteiger partial charge in [0, 0.05) is 28.6 Å². The highest BCUT2D eigenvalue weighted by Crippen LogP contribution is 2.43. The smallest absolute Gasteiger partial charge is 0.121 e. The highest BCUT2D eigenvalue weighted by Gasteiger charge is 2.60. The number of aryl methyl sites for hydroxylation is 2. The minimum absolute atomic E-state index is 0.324. The van der Waals surface area contributed by atoms with Crippen LogP contribution in [0.25, 0.3) is 10.8 Å². The van der Waals surface area contributed by atoms with Crippen LogP contribution >= 0.6 is 0 Å². The van der Waals surface area contributed by atoms with Crippen LogP contribution in [0, 0.1) is 13.8 Å². The standard InChI is InChI=1S/C35H34N2/c1-7-11-25-17-19-28(20-18-25)36-33-29-15-9-13-27-14-10-16-30(31(27)29)34(33)37(35(36,5)6)32-23(3)21-26(12-8-2)22-24(32)4/h7-10,13-22H,1-2,11-12H2,3-6H3/q+2. The average Bonchev–Trinajstić information content (AvgIpc) is 3.30. The van der Waals surface area contributed by atoms with Gasteiger partial charge in [-0.1, -0.05) is 48.6 Å². The number of allylic oxidation sites excluding steroid dienone is 2. The lowest BCUT2D eigenvalue weighted by molar-refractivity contribution is -0.740. The van der Waals surface area contributed by atoms with Crippen LogP contribution in [0.5, 0.6) is 0 Å². The van der Waals surface area contributed by atoms with Gasteiger partial charge in [-0.05, 0) is 67.5 Å². The van der Waals surface area contributed by atoms with Gasteiger partial charge in [0.1, 0.15) is 0 Å². The molecule has 0 fully saturated rings. The molecule has 0 unspecified atom stereocenters. The van der Waals surface area contributed by atoms with Crippen LogP contribution in [-0.2, 0) is 12.8 Å². The van der Waals surface area contributed by atoms with E-state index in [1.54, 1.807) is 0 Å². The third-order valence-electron chi connectivity index (χ3n) is 7.91. The van der Waals surface area contributed by atoms with E-state index in [0.717, 1.165) is 12.8 Å². The molecular formula is C35H34N2+2. The predicted molar refractivity (Wildman–Crippen MR) is 156 cm³/mol. The summed E-state index contributed by atoms with van der Waals surface area (Å²) in [6, 6.07) is 27.1. The summed E-state index contributed by atoms with van der Waals surface area (Å²) in [5.41, 5.74) is 12.6. The number of nitrogens with zero attached hydrogens (tertiary/aromatic N) is 2. The maximum atomic E-state index is 3.96. The van der Waals surface area contributed by atoms with Gasteiger partial charge in [0.05, 0.1) is 25.0 Å². The predicted octanol–water partition coefficient (Wildman–Crippen LogP) is 7.94. The van der Waals surface area contributed by atoms with E-state index in [4.69, 9.17) is 0 Å². The number of fused-ring (bicyclic) bond motifs is 3. The Morgan fingerprint density at radius 1 is 0.703 bits per heavy atom. The molecule has 1 aliphatic carbocycles. The average molecular weight is 483 g/mol. The fraction of sp³-hybridized carbons (Fsp3) is 0.200. The molecule has 0 saturated heterocycles. The molecule has 0 bridgehead atoms. The summed E-state index contributed by atoms with van der Waals surface area (Å²) in [6.07, 6.45) is 5.71. The van der Waals surface area contributed by atoms with Crippen molar-refractivity contribution >= 4 is 33.6 Å². The molecule has 0 saturated carbocycles. The molecule has 2 nitrogen and oxygen atoms in total. The summed E-state index contributed by atoms with van der Waals surface area (Å²) in [6.45, 7) is 17.1. The van der Waals surface area contributed by atoms with Gasteiger partial charge in [-0.2, -0.15) is 0 Å². The van der Waals surface area contributed by atoms with E-state index in [0.29, 0.717) is 0 Å². The van der Waals surface area contributed by atoms with Crippen molar-refractivity contribution in [2.75, 3.05) is 0 Å². The van der Waals surface area contributed by atoms with Crippen LogP contribution < -0.4 is 0 Å². The second-order valence-corrected chi connectivity index (χ2v) is 10.8. The maximum Gasteiger partial charge on any atom is 0.357 e. The Hall–Kier alpha value is -4.04. The first-order valence-corrected chi connectivity index (χ1v) is 13.1. The van der Waals surface area contributed by atoms with E-state index in [1.807, 2.05) is 12.2 Å². The van der Waals surface area contributed by atoms with Gasteiger partial charge in [0.2, 0.25) is 11.4 Å². The van der Waals surface area contributed by atoms with Crippen LogP contribution in [0.15, 0.2) is 98.1 Å². The Morgan fingerprint density at radius 3 is 1.81 bits per heavy atom. The second-order valence-electron chi connectivity index (χ2n) is 10.8. The topological polar surface area (TPSA) is 6.02 Å². The number of hydrogen-bond donors (Lipinski definition) is 0. The van der Waals surface area contributed by atoms with Crippen molar-refractivity contribution in [3.8, 4) is 0 Å². The Kier molecular flexibility index (Phi) is 5.38. The van der Waals surface area contributed by atoms with E-state index >= 15 is 0 Å². The van der Waals surface area contributed by atoms with Crippen molar-refractivity contribution in [2.24, 2.45) is 0 Å². The first-order valence-electron chi connectivity index (χ1n) is 13.1. The van der Waals surface area contributed by atoms with Crippen LogP contribution in [0.4, 0.5) is 11.4 Å². The summed E-state index contributed by atoms with van der Waals surface area (Å²) in [5, 5.41) is 2.64. The fourth-order valence-corrected chi connectivity index (χ4v) is 6.55. The van der Waals surface area contributed by atoms with Crippen molar-refractivity contribution in [2.45, 2.75) is 46.2 Å². The van der Waals surface area contributed by atoms with Crippen LogP contribution in [-0.4, -0.2) is 26.2 Å². The molecule has 2 heteroatoms. The lowest BCUT2D eigenvalue weighted by Crippen LogP contribution is -2.40. The van der Waals surface area contributed by atoms with Gasteiger partial charge in [-0.25, -0.2) is 0 Å². The summed E-state index contributed by atoms with van der Waals surface area (Å²) in [5.74, 6) is 0. The minimum Gasteiger partial charge on any atom is -0.121 e. The van der Waals surface area contributed by atoms with E-state index < -0.39 is 0 Å². The molecule has 1 heterocycles. The second kappa shape index (κ2) is 8.52. The van der Waals surface area contributed by atoms with E-state index in [9.17, 15) is 0 Å². The molecule has 2 aliphatic rings. The summed E-state index contributed by atoms with van der Waals surface area (Å²) in [7, 11) is 0. The van der Waals surface area contributed by atoms with Gasteiger partial charge in [-0.3, -0.25) is 0 Å². The lowest BCUT2D eigenvalue weighted by Gasteiger charge is -2.20. The third-order valence-corrected chi connectivity index (χ3v) is 7.91. The van der Waals surface area contributed by atoms with Crippen molar-refractivity contribution < 1.29 is 9.15 Å². The van der Waals surface area contributed by atoms with Crippen molar-refractivity contribution in [1.29, 1.82) is 0 Å². The highest BCUT2D eigenvalue weighted by atomic mass is 15.3. The third kappa shape index (κ3) is 3.39. The monoisotopic (exact) mass is 482 g/mol. The lowest BCUT2D eigenvalue weighted by atomic mass is 9.99. The van der Waals surface area contributed by atoms with Gasteiger partial charge < -0.3 is 0 Å². The van der Waals surface area contributed by atoms with Crippen LogP contribution in [0.1, 0.15) is 47.2 Å². The molecule has 0 N–H and O–H groups in total. The molecule has 0 aromatic heterocycles. The summed E-state index contributed by atoms with van der Waals surface area (Å²) < 4.78 is 5.14. The normalized spacial score (nSPS) is 15.5. The van der Waals surface area contributed by atoms with E-state index in [2.05, 4.69) is 123 Å². The molecule has 0 amide bonds. The van der Waals surface area contributed by atoms with Gasteiger partial charge >= 0.3 is 5.66 Å². The minimum atomic E-state index is -0.324. The van der Waals surface area contributed by atoms with Crippen molar-refractivity contribution in [1.82, 2.24) is 0 Å². The molecule has 0 spiro atoms. The van der Waals surface area contributed by atoms with Crippen molar-refractivity contribution in [3.05, 3.63) is 131 Å². The molecule has 6 rings (SSSR count). The van der Waals surface area contributed by atoms with E-state index in [-0.39, 0.29) is 5.66 Å². The van der Waals surface area contributed by atoms with Gasteiger partial charge in [-0.15, -0.1) is 22.3 Å². The molecule has 0 radical (unpaired) electrons. The Labute approximate surface area is 220 Å². The molecular weight excluding hydrogens is 448 g/mol. The zero-order chi connectivity index (χ0) is 25.9. The summed E-state index contributed by atoms with van der Waals surface area (Å²) >= 11 is 0. The zero-order valence-corrected chi connectivity index (χ0v) is 22.3. The quantitative estimate of drug-likeness (QED) is 0.194. The number of rotatable bonds is 6. The Balaban J connectivity index is 1.69. The fourth-order valence-electron chi connectivity index (χ4n) is 6.55. The van der Waals surface area contributed by atoms with Crippen LogP contribution in [0.3, 0.4) is 0 Å². The van der Waals surface area contributed by atoms with E-state index in [1.165, 1.54) is 67.0 Å². The molecule has 0 atom stereocenters. The van der Waals surface area contributed by atoms with Gasteiger partial charge in [0.15, 0.2) is 0 Å². The number of benzene rings is 4. The molecule has 1 aliphatic heterocycles. The zero-order valence-electron chi connectivity index (χ0n) is 22.3. The first kappa shape index (κ1) is 23.4. The first-order chi connectivity index (χ1) is 17.9. The molecule has 182 valence electrons. The Bertz CT molecular complexity index is 1650. The van der Waals surface area contributed by atoms with Crippen LogP contribution in [0.2, 0.25) is 0 Å². The summed E-state index contributed by atoms with van der Waals surface area (Å²) in [4.78, 5) is 0. The molecule has 4 aromatic carbocycles. The highest BCUT2D eigenvalue weighted by molar-refractivity contribution is 6.58. The number of hydrogen-bond acceptors (Lipinski definition) is 0. The van der Waals surface area contributed by atoms with Gasteiger partial charge in [0.25, 0.3) is 11.4 Å². The SMILES string of the molecule is C=CCc1ccc([N+]2=C3C(=[N+](c4c(C)cc(CC=C)cc4C)C2(C)C)c2cccc4cccc3c24)cc1. The maximum absolute atomic E-state index is 3.96.